The number of rotatable bonds is 3. The van der Waals surface area contributed by atoms with E-state index in [2.05, 4.69) is 4.98 Å². The van der Waals surface area contributed by atoms with Gasteiger partial charge in [-0.3, -0.25) is 4.79 Å². The quantitative estimate of drug-likeness (QED) is 0.753. The largest absolute Gasteiger partial charge is 0.475 e. The van der Waals surface area contributed by atoms with Crippen LogP contribution in [0.4, 0.5) is 0 Å². The van der Waals surface area contributed by atoms with Crippen LogP contribution < -0.4 is 10.5 Å². The van der Waals surface area contributed by atoms with Crippen molar-refractivity contribution < 1.29 is 9.53 Å². The molecule has 13 heavy (non-hydrogen) atoms. The van der Waals surface area contributed by atoms with E-state index in [9.17, 15) is 4.79 Å². The summed E-state index contributed by atoms with van der Waals surface area (Å²) in [5.41, 5.74) is 5.28. The molecule has 0 aliphatic heterocycles. The molecule has 2 N–H and O–H groups in total. The van der Waals surface area contributed by atoms with Gasteiger partial charge in [-0.1, -0.05) is 6.07 Å². The van der Waals surface area contributed by atoms with Crippen molar-refractivity contribution in [2.75, 3.05) is 0 Å². The topological polar surface area (TPSA) is 65.2 Å². The fourth-order valence-corrected chi connectivity index (χ4v) is 0.859. The summed E-state index contributed by atoms with van der Waals surface area (Å²) in [6.07, 6.45) is 0.0376. The number of hydrogen-bond donors (Lipinski definition) is 1. The Hall–Kier alpha value is -1.58. The summed E-state index contributed by atoms with van der Waals surface area (Å²) in [6, 6.07) is 4.92. The van der Waals surface area contributed by atoms with E-state index in [0.29, 0.717) is 5.88 Å². The van der Waals surface area contributed by atoms with Crippen molar-refractivity contribution in [2.45, 2.75) is 20.0 Å². The first kappa shape index (κ1) is 9.51. The van der Waals surface area contributed by atoms with E-state index >= 15 is 0 Å². The molecular formula is C9H12N2O2. The number of nitrogens with zero attached hydrogens (tertiary/aromatic N) is 1. The minimum atomic E-state index is -0.547. The second kappa shape index (κ2) is 3.89. The van der Waals surface area contributed by atoms with E-state index in [1.807, 2.05) is 13.8 Å². The first-order chi connectivity index (χ1) is 6.09. The van der Waals surface area contributed by atoms with Gasteiger partial charge >= 0.3 is 0 Å². The van der Waals surface area contributed by atoms with Crippen LogP contribution in [0.5, 0.6) is 5.88 Å². The standard InChI is InChI=1S/C9H12N2O2/c1-6(2)13-8-5-3-4-7(11-8)9(10)12/h3-6H,1-2H3,(H2,10,12). The second-order valence-electron chi connectivity index (χ2n) is 2.89. The molecule has 0 unspecified atom stereocenters. The maximum Gasteiger partial charge on any atom is 0.267 e. The zero-order valence-electron chi connectivity index (χ0n) is 7.65. The number of carbonyl (C=O) groups excluding carboxylic acids is 1. The highest BCUT2D eigenvalue weighted by molar-refractivity contribution is 5.90. The predicted octanol–water partition coefficient (Wildman–Crippen LogP) is 0.968. The molecule has 1 amide bonds. The summed E-state index contributed by atoms with van der Waals surface area (Å²) in [4.78, 5) is 14.7. The number of pyridine rings is 1. The second-order valence-corrected chi connectivity index (χ2v) is 2.89. The molecule has 0 saturated heterocycles. The van der Waals surface area contributed by atoms with E-state index in [1.165, 1.54) is 0 Å². The lowest BCUT2D eigenvalue weighted by atomic mass is 10.3. The van der Waals surface area contributed by atoms with Crippen LogP contribution in [-0.4, -0.2) is 17.0 Å². The van der Waals surface area contributed by atoms with Gasteiger partial charge in [0.15, 0.2) is 0 Å². The average molecular weight is 180 g/mol. The van der Waals surface area contributed by atoms with Crippen LogP contribution >= 0.6 is 0 Å². The van der Waals surface area contributed by atoms with Crippen molar-refractivity contribution >= 4 is 5.91 Å². The number of hydrogen-bond acceptors (Lipinski definition) is 3. The summed E-state index contributed by atoms with van der Waals surface area (Å²) in [6.45, 7) is 3.78. The number of primary amides is 1. The number of aromatic nitrogens is 1. The SMILES string of the molecule is CC(C)Oc1cccc(C(N)=O)n1. The van der Waals surface area contributed by atoms with Gasteiger partial charge in [-0.15, -0.1) is 0 Å². The Labute approximate surface area is 76.7 Å². The normalized spacial score (nSPS) is 10.1. The predicted molar refractivity (Wildman–Crippen MR) is 48.5 cm³/mol. The fourth-order valence-electron chi connectivity index (χ4n) is 0.859. The molecule has 0 saturated carbocycles. The van der Waals surface area contributed by atoms with E-state index in [0.717, 1.165) is 0 Å². The first-order valence-electron chi connectivity index (χ1n) is 4.03. The fraction of sp³-hybridized carbons (Fsp3) is 0.333. The lowest BCUT2D eigenvalue weighted by molar-refractivity contribution is 0.0993. The molecule has 0 atom stereocenters. The Kier molecular flexibility index (Phi) is 2.84. The van der Waals surface area contributed by atoms with Gasteiger partial charge in [0.05, 0.1) is 6.10 Å². The summed E-state index contributed by atoms with van der Waals surface area (Å²) in [7, 11) is 0. The van der Waals surface area contributed by atoms with Gasteiger partial charge in [-0.05, 0) is 19.9 Å². The lowest BCUT2D eigenvalue weighted by Gasteiger charge is -2.08. The number of nitrogens with two attached hydrogens (primary N) is 1. The third kappa shape index (κ3) is 2.74. The van der Waals surface area contributed by atoms with Crippen molar-refractivity contribution in [3.63, 3.8) is 0 Å². The van der Waals surface area contributed by atoms with Crippen LogP contribution in [0.2, 0.25) is 0 Å². The molecule has 0 aromatic carbocycles. The molecule has 4 nitrogen and oxygen atoms in total. The van der Waals surface area contributed by atoms with Gasteiger partial charge in [0, 0.05) is 6.07 Å². The summed E-state index contributed by atoms with van der Waals surface area (Å²) < 4.78 is 5.29. The van der Waals surface area contributed by atoms with Crippen LogP contribution in [0.25, 0.3) is 0 Å². The Morgan fingerprint density at radius 2 is 2.23 bits per heavy atom. The van der Waals surface area contributed by atoms with E-state index in [4.69, 9.17) is 10.5 Å². The molecule has 70 valence electrons. The Morgan fingerprint density at radius 1 is 1.54 bits per heavy atom. The summed E-state index contributed by atoms with van der Waals surface area (Å²) in [5, 5.41) is 0. The Bertz CT molecular complexity index is 310. The third-order valence-electron chi connectivity index (χ3n) is 1.33. The van der Waals surface area contributed by atoms with Crippen LogP contribution in [-0.2, 0) is 0 Å². The van der Waals surface area contributed by atoms with Crippen LogP contribution in [0.15, 0.2) is 18.2 Å². The zero-order chi connectivity index (χ0) is 9.84. The minimum absolute atomic E-state index is 0.0376. The Morgan fingerprint density at radius 3 is 2.77 bits per heavy atom. The van der Waals surface area contributed by atoms with E-state index in [-0.39, 0.29) is 11.8 Å². The molecule has 1 aromatic heterocycles. The molecule has 1 rings (SSSR count). The maximum absolute atomic E-state index is 10.7. The molecule has 0 bridgehead atoms. The summed E-state index contributed by atoms with van der Waals surface area (Å²) in [5.74, 6) is -0.125. The molecule has 0 spiro atoms. The van der Waals surface area contributed by atoms with Gasteiger partial charge < -0.3 is 10.5 Å². The molecule has 0 aliphatic rings. The molecule has 0 radical (unpaired) electrons. The van der Waals surface area contributed by atoms with Crippen LogP contribution in [0.1, 0.15) is 24.3 Å². The molecule has 0 fully saturated rings. The average Bonchev–Trinajstić information content (AvgIpc) is 2.03. The minimum Gasteiger partial charge on any atom is -0.475 e. The number of carbonyl (C=O) groups is 1. The van der Waals surface area contributed by atoms with Gasteiger partial charge in [0.2, 0.25) is 5.88 Å². The van der Waals surface area contributed by atoms with E-state index < -0.39 is 5.91 Å². The molecule has 0 aliphatic carbocycles. The highest BCUT2D eigenvalue weighted by atomic mass is 16.5. The van der Waals surface area contributed by atoms with Gasteiger partial charge in [-0.25, -0.2) is 4.98 Å². The van der Waals surface area contributed by atoms with Crippen LogP contribution in [0, 0.1) is 0 Å². The summed E-state index contributed by atoms with van der Waals surface area (Å²) >= 11 is 0. The van der Waals surface area contributed by atoms with Crippen molar-refractivity contribution in [1.29, 1.82) is 0 Å². The highest BCUT2D eigenvalue weighted by Gasteiger charge is 2.04. The van der Waals surface area contributed by atoms with E-state index in [1.54, 1.807) is 18.2 Å². The Balaban J connectivity index is 2.85. The number of amides is 1. The highest BCUT2D eigenvalue weighted by Crippen LogP contribution is 2.08. The third-order valence-corrected chi connectivity index (χ3v) is 1.33. The van der Waals surface area contributed by atoms with Gasteiger partial charge in [-0.2, -0.15) is 0 Å². The first-order valence-corrected chi connectivity index (χ1v) is 4.03. The molecule has 1 heterocycles. The molecular weight excluding hydrogens is 168 g/mol. The van der Waals surface area contributed by atoms with Crippen molar-refractivity contribution in [1.82, 2.24) is 4.98 Å². The lowest BCUT2D eigenvalue weighted by Crippen LogP contribution is -2.14. The van der Waals surface area contributed by atoms with Crippen LogP contribution in [0.3, 0.4) is 0 Å². The van der Waals surface area contributed by atoms with Crippen molar-refractivity contribution in [3.05, 3.63) is 23.9 Å². The number of ether oxygens (including phenoxy) is 1. The van der Waals surface area contributed by atoms with Gasteiger partial charge in [0.1, 0.15) is 5.69 Å². The van der Waals surface area contributed by atoms with Gasteiger partial charge in [0.25, 0.3) is 5.91 Å². The molecule has 1 aromatic rings. The smallest absolute Gasteiger partial charge is 0.267 e. The monoisotopic (exact) mass is 180 g/mol. The van der Waals surface area contributed by atoms with Crippen molar-refractivity contribution in [2.24, 2.45) is 5.73 Å². The zero-order valence-corrected chi connectivity index (χ0v) is 7.65. The van der Waals surface area contributed by atoms with Crippen molar-refractivity contribution in [3.8, 4) is 5.88 Å². The maximum atomic E-state index is 10.7. The molecule has 4 heteroatoms.